The molecule has 1 heterocycles. The third-order valence-electron chi connectivity index (χ3n) is 15.9. The molecule has 0 amide bonds. The van der Waals surface area contributed by atoms with E-state index in [1.807, 2.05) is 0 Å². The number of benzene rings is 1. The Morgan fingerprint density at radius 3 is 2.43 bits per heavy atom. The number of aldehydes is 1. The van der Waals surface area contributed by atoms with Crippen molar-refractivity contribution in [2.45, 2.75) is 182 Å². The van der Waals surface area contributed by atoms with Gasteiger partial charge in [0.1, 0.15) is 6.29 Å². The molecule has 3 aliphatic rings. The van der Waals surface area contributed by atoms with Crippen molar-refractivity contribution in [3.8, 4) is 0 Å². The van der Waals surface area contributed by atoms with Crippen molar-refractivity contribution in [1.82, 2.24) is 5.32 Å². The van der Waals surface area contributed by atoms with Gasteiger partial charge in [-0.2, -0.15) is 0 Å². The van der Waals surface area contributed by atoms with E-state index in [2.05, 4.69) is 139 Å². The van der Waals surface area contributed by atoms with Gasteiger partial charge < -0.3 is 20.5 Å². The summed E-state index contributed by atoms with van der Waals surface area (Å²) < 4.78 is 0. The minimum absolute atomic E-state index is 0.129. The Morgan fingerprint density at radius 1 is 0.873 bits per heavy atom. The van der Waals surface area contributed by atoms with Gasteiger partial charge in [-0.1, -0.05) is 137 Å². The third kappa shape index (κ3) is 17.9. The van der Waals surface area contributed by atoms with Crippen LogP contribution in [0, 0.1) is 60.2 Å². The van der Waals surface area contributed by atoms with E-state index in [4.69, 9.17) is 6.58 Å². The molecule has 4 nitrogen and oxygen atoms in total. The number of hydrogen-bond donors (Lipinski definition) is 3. The second kappa shape index (κ2) is 28.0. The van der Waals surface area contributed by atoms with Crippen LogP contribution in [0.2, 0.25) is 0 Å². The largest absolute Gasteiger partial charge is 0.393 e. The molecule has 2 bridgehead atoms. The Balaban J connectivity index is 1.51. The number of aliphatic hydroxyl groups is 1. The molecule has 350 valence electrons. The molecular formula is C59H92N2O2. The van der Waals surface area contributed by atoms with E-state index in [1.54, 1.807) is 0 Å². The summed E-state index contributed by atoms with van der Waals surface area (Å²) in [6.45, 7) is 30.7. The van der Waals surface area contributed by atoms with Gasteiger partial charge in [0.15, 0.2) is 0 Å². The van der Waals surface area contributed by atoms with E-state index in [9.17, 15) is 9.90 Å². The van der Waals surface area contributed by atoms with Gasteiger partial charge in [0.2, 0.25) is 0 Å². The van der Waals surface area contributed by atoms with Crippen molar-refractivity contribution in [3.63, 3.8) is 0 Å². The Labute approximate surface area is 387 Å². The predicted octanol–water partition coefficient (Wildman–Crippen LogP) is 15.3. The predicted molar refractivity (Wildman–Crippen MR) is 274 cm³/mol. The van der Waals surface area contributed by atoms with Crippen LogP contribution in [0.3, 0.4) is 0 Å². The molecule has 0 saturated heterocycles. The molecule has 0 spiro atoms. The van der Waals surface area contributed by atoms with Crippen molar-refractivity contribution in [2.24, 2.45) is 53.3 Å². The van der Waals surface area contributed by atoms with Gasteiger partial charge in [-0.25, -0.2) is 0 Å². The van der Waals surface area contributed by atoms with Crippen LogP contribution in [0.1, 0.15) is 163 Å². The van der Waals surface area contributed by atoms with Crippen LogP contribution >= 0.6 is 0 Å². The highest BCUT2D eigenvalue weighted by Crippen LogP contribution is 2.38. The quantitative estimate of drug-likeness (QED) is 0.189. The highest BCUT2D eigenvalue weighted by atomic mass is 16.3. The number of nitrogens with one attached hydrogen (secondary N) is 2. The molecule has 0 radical (unpaired) electrons. The van der Waals surface area contributed by atoms with Crippen LogP contribution in [0.25, 0.3) is 0 Å². The molecule has 8 unspecified atom stereocenters. The van der Waals surface area contributed by atoms with Crippen LogP contribution in [0.4, 0.5) is 5.69 Å². The van der Waals surface area contributed by atoms with E-state index in [0.717, 1.165) is 82.6 Å². The lowest BCUT2D eigenvalue weighted by Crippen LogP contribution is -2.41. The fourth-order valence-electron chi connectivity index (χ4n) is 11.2. The molecule has 1 aliphatic heterocycles. The number of aliphatic hydroxyl groups excluding tert-OH is 1. The average Bonchev–Trinajstić information content (AvgIpc) is 3.25. The van der Waals surface area contributed by atoms with Crippen LogP contribution in [-0.2, 0) is 4.79 Å². The lowest BCUT2D eigenvalue weighted by Gasteiger charge is -2.37. The summed E-state index contributed by atoms with van der Waals surface area (Å²) >= 11 is 0. The van der Waals surface area contributed by atoms with Gasteiger partial charge in [-0.05, 0) is 189 Å². The molecule has 1 aromatic carbocycles. The summed E-state index contributed by atoms with van der Waals surface area (Å²) in [6.07, 6.45) is 36.9. The summed E-state index contributed by atoms with van der Waals surface area (Å²) in [5.74, 6) is 3.71. The minimum atomic E-state index is -0.171. The van der Waals surface area contributed by atoms with Gasteiger partial charge in [-0.3, -0.25) is 0 Å². The maximum Gasteiger partial charge on any atom is 0.127 e. The number of anilines is 1. The smallest absolute Gasteiger partial charge is 0.127 e. The molecule has 4 heteroatoms. The molecule has 3 N–H and O–H groups in total. The molecule has 2 aliphatic carbocycles. The van der Waals surface area contributed by atoms with E-state index in [0.29, 0.717) is 41.5 Å². The van der Waals surface area contributed by atoms with Crippen LogP contribution in [0.15, 0.2) is 109 Å². The highest BCUT2D eigenvalue weighted by molar-refractivity contribution is 5.60. The number of rotatable bonds is 7. The standard InChI is InChI=1S/C59H92N2O2/c1-11-53-28-19-20-34-60-58-39-52(33-32-46(58)6)40-59(61-55-30-21-23-42(2)35-55)45(5)26-16-14-12-13-15-24-43(3)49(9)57(41-62)50(10)44(4)25-17-18-29-54(37-48(53)8)47(7)36-51-27-22-31-56(63)38-51/h11-14,16,21,23,25-26,30,35,41,43,46-47,50-54,56-61,63H,1,8-9,15,17-20,22,24,27-29,31-34,36-40H2,2-7,10H3/t43?,46?,47-,50?,51?,52-,53?,54-,56?,57+,58?,59?/m1/s1. The summed E-state index contributed by atoms with van der Waals surface area (Å²) in [7, 11) is 0. The number of carbonyl (C=O) groups excluding carboxylic acids is 1. The Kier molecular flexibility index (Phi) is 23.3. The highest BCUT2D eigenvalue weighted by Gasteiger charge is 2.30. The maximum atomic E-state index is 12.6. The zero-order valence-corrected chi connectivity index (χ0v) is 41.3. The van der Waals surface area contributed by atoms with E-state index >= 15 is 0 Å². The van der Waals surface area contributed by atoms with Crippen LogP contribution in [-0.4, -0.2) is 36.1 Å². The van der Waals surface area contributed by atoms with E-state index in [1.165, 1.54) is 79.3 Å². The van der Waals surface area contributed by atoms with Gasteiger partial charge >= 0.3 is 0 Å². The lowest BCUT2D eigenvalue weighted by molar-refractivity contribution is -0.111. The molecule has 2 fully saturated rings. The number of fused-ring (bicyclic) bond motifs is 2. The molecule has 2 saturated carbocycles. The van der Waals surface area contributed by atoms with Gasteiger partial charge in [0.05, 0.1) is 6.10 Å². The monoisotopic (exact) mass is 861 g/mol. The van der Waals surface area contributed by atoms with Gasteiger partial charge in [0.25, 0.3) is 0 Å². The van der Waals surface area contributed by atoms with Crippen molar-refractivity contribution in [1.29, 1.82) is 0 Å². The van der Waals surface area contributed by atoms with Crippen LogP contribution in [0.5, 0.6) is 0 Å². The first kappa shape index (κ1) is 52.4. The van der Waals surface area contributed by atoms with Crippen molar-refractivity contribution in [2.75, 3.05) is 11.9 Å². The first-order valence-corrected chi connectivity index (χ1v) is 25.6. The summed E-state index contributed by atoms with van der Waals surface area (Å²) in [5.41, 5.74) is 7.55. The van der Waals surface area contributed by atoms with Crippen molar-refractivity contribution in [3.05, 3.63) is 114 Å². The number of aryl methyl sites for hydroxylation is 1. The first-order chi connectivity index (χ1) is 30.3. The SMILES string of the molecule is C=CC1CCCCNC2C[C@@H](CCC2C)CC(Nc2cccc(C)c2)C(C)=CC=CC=CCCC(C)C(=C)[C@H](C=O)C(C)C(C)=CCCC[C@@H]([C@H](C)CC2CCCC(O)C2)CC1=C. The van der Waals surface area contributed by atoms with Gasteiger partial charge in [0, 0.05) is 23.7 Å². The summed E-state index contributed by atoms with van der Waals surface area (Å²) in [6, 6.07) is 9.64. The summed E-state index contributed by atoms with van der Waals surface area (Å²) in [4.78, 5) is 12.6. The lowest BCUT2D eigenvalue weighted by atomic mass is 9.74. The normalized spacial score (nSPS) is 32.9. The Hall–Kier alpha value is -3.21. The average molecular weight is 861 g/mol. The molecule has 63 heavy (non-hydrogen) atoms. The summed E-state index contributed by atoms with van der Waals surface area (Å²) in [5, 5.41) is 18.5. The topological polar surface area (TPSA) is 61.4 Å². The third-order valence-corrected chi connectivity index (χ3v) is 15.9. The number of hydrogen-bond acceptors (Lipinski definition) is 4. The first-order valence-electron chi connectivity index (χ1n) is 25.6. The zero-order chi connectivity index (χ0) is 45.7. The second-order valence-corrected chi connectivity index (χ2v) is 21.0. The molecule has 0 aromatic heterocycles. The fourth-order valence-corrected chi connectivity index (χ4v) is 11.2. The minimum Gasteiger partial charge on any atom is -0.393 e. The molecule has 12 atom stereocenters. The number of allylic oxidation sites excluding steroid dienone is 10. The number of carbonyl (C=O) groups is 1. The molecule has 1 aromatic rings. The molecular weight excluding hydrogens is 769 g/mol. The Morgan fingerprint density at radius 2 is 1.68 bits per heavy atom. The second-order valence-electron chi connectivity index (χ2n) is 21.0. The van der Waals surface area contributed by atoms with Crippen molar-refractivity contribution < 1.29 is 9.90 Å². The maximum absolute atomic E-state index is 12.6. The Bertz CT molecular complexity index is 1680. The van der Waals surface area contributed by atoms with E-state index in [-0.39, 0.29) is 29.9 Å². The fraction of sp³-hybridized carbons (Fsp3) is 0.644. The van der Waals surface area contributed by atoms with E-state index < -0.39 is 0 Å². The van der Waals surface area contributed by atoms with Crippen molar-refractivity contribution >= 4 is 12.0 Å². The zero-order valence-electron chi connectivity index (χ0n) is 41.3. The molecule has 4 rings (SSSR count). The van der Waals surface area contributed by atoms with Gasteiger partial charge in [-0.15, -0.1) is 6.58 Å². The van der Waals surface area contributed by atoms with Crippen LogP contribution < -0.4 is 10.6 Å².